The molecular formula is C16H19BrN2O3. The molecule has 0 saturated carbocycles. The highest BCUT2D eigenvalue weighted by atomic mass is 79.9. The topological polar surface area (TPSA) is 58.6 Å². The molecule has 2 fully saturated rings. The van der Waals surface area contributed by atoms with Gasteiger partial charge in [0, 0.05) is 30.4 Å². The Balaban J connectivity index is 1.56. The van der Waals surface area contributed by atoms with Crippen molar-refractivity contribution in [2.75, 3.05) is 13.1 Å². The maximum Gasteiger partial charge on any atom is 0.251 e. The standard InChI is InChI=1S/C16H19BrN2O3/c1-11-15(21)18-16(22-11)6-8-19(9-7-16)14(20)10-12-2-4-13(17)5-3-12/h2-5,11H,6-10H2,1H3,(H,18,21). The molecule has 0 aromatic heterocycles. The maximum absolute atomic E-state index is 12.4. The molecule has 1 spiro atoms. The number of amides is 2. The van der Waals surface area contributed by atoms with Crippen LogP contribution in [-0.4, -0.2) is 41.6 Å². The van der Waals surface area contributed by atoms with Crippen molar-refractivity contribution < 1.29 is 14.3 Å². The van der Waals surface area contributed by atoms with E-state index in [4.69, 9.17) is 4.74 Å². The van der Waals surface area contributed by atoms with Gasteiger partial charge in [-0.25, -0.2) is 0 Å². The van der Waals surface area contributed by atoms with Crippen LogP contribution in [0.4, 0.5) is 0 Å². The molecule has 22 heavy (non-hydrogen) atoms. The summed E-state index contributed by atoms with van der Waals surface area (Å²) in [6.07, 6.45) is 1.30. The van der Waals surface area contributed by atoms with Crippen LogP contribution in [0.2, 0.25) is 0 Å². The summed E-state index contributed by atoms with van der Waals surface area (Å²) >= 11 is 3.39. The molecule has 5 nitrogen and oxygen atoms in total. The molecule has 0 aliphatic carbocycles. The van der Waals surface area contributed by atoms with Crippen LogP contribution in [0.1, 0.15) is 25.3 Å². The summed E-state index contributed by atoms with van der Waals surface area (Å²) in [5.74, 6) is 0.0594. The average Bonchev–Trinajstić information content (AvgIpc) is 2.76. The Morgan fingerprint density at radius 1 is 1.36 bits per heavy atom. The zero-order valence-corrected chi connectivity index (χ0v) is 14.1. The van der Waals surface area contributed by atoms with E-state index in [-0.39, 0.29) is 11.8 Å². The summed E-state index contributed by atoms with van der Waals surface area (Å²) < 4.78 is 6.76. The molecule has 3 rings (SSSR count). The molecule has 6 heteroatoms. The third-order valence-corrected chi connectivity index (χ3v) is 4.84. The smallest absolute Gasteiger partial charge is 0.251 e. The Hall–Kier alpha value is -1.40. The van der Waals surface area contributed by atoms with Gasteiger partial charge in [-0.3, -0.25) is 9.59 Å². The minimum atomic E-state index is -0.565. The lowest BCUT2D eigenvalue weighted by atomic mass is 10.00. The van der Waals surface area contributed by atoms with Crippen LogP contribution >= 0.6 is 15.9 Å². The molecule has 1 unspecified atom stereocenters. The largest absolute Gasteiger partial charge is 0.343 e. The predicted octanol–water partition coefficient (Wildman–Crippen LogP) is 1.85. The molecule has 1 N–H and O–H groups in total. The van der Waals surface area contributed by atoms with E-state index >= 15 is 0 Å². The van der Waals surface area contributed by atoms with Crippen LogP contribution in [0.25, 0.3) is 0 Å². The molecule has 2 aliphatic heterocycles. The molecule has 1 atom stereocenters. The number of halogens is 1. The van der Waals surface area contributed by atoms with E-state index in [1.807, 2.05) is 29.2 Å². The van der Waals surface area contributed by atoms with Gasteiger partial charge in [-0.05, 0) is 24.6 Å². The SMILES string of the molecule is CC1OC2(CCN(C(=O)Cc3ccc(Br)cc3)CC2)NC1=O. The third-order valence-electron chi connectivity index (χ3n) is 4.32. The van der Waals surface area contributed by atoms with Crippen molar-refractivity contribution in [3.8, 4) is 0 Å². The van der Waals surface area contributed by atoms with Gasteiger partial charge < -0.3 is 15.0 Å². The molecule has 2 amide bonds. The van der Waals surface area contributed by atoms with E-state index in [0.29, 0.717) is 32.4 Å². The minimum Gasteiger partial charge on any atom is -0.343 e. The van der Waals surface area contributed by atoms with Crippen LogP contribution in [0.3, 0.4) is 0 Å². The first-order valence-corrected chi connectivity index (χ1v) is 8.29. The molecule has 2 saturated heterocycles. The van der Waals surface area contributed by atoms with Crippen molar-refractivity contribution >= 4 is 27.7 Å². The number of benzene rings is 1. The van der Waals surface area contributed by atoms with Crippen LogP contribution in [0.15, 0.2) is 28.7 Å². The van der Waals surface area contributed by atoms with Gasteiger partial charge in [-0.15, -0.1) is 0 Å². The number of nitrogens with one attached hydrogen (secondary N) is 1. The summed E-state index contributed by atoms with van der Waals surface area (Å²) in [4.78, 5) is 25.8. The van der Waals surface area contributed by atoms with Crippen molar-refractivity contribution in [1.29, 1.82) is 0 Å². The highest BCUT2D eigenvalue weighted by Crippen LogP contribution is 2.29. The lowest BCUT2D eigenvalue weighted by Crippen LogP contribution is -2.53. The first kappa shape index (κ1) is 15.5. The fourth-order valence-electron chi connectivity index (χ4n) is 3.00. The summed E-state index contributed by atoms with van der Waals surface area (Å²) in [6.45, 7) is 2.99. The number of carbonyl (C=O) groups is 2. The predicted molar refractivity (Wildman–Crippen MR) is 85.1 cm³/mol. The number of hydrogen-bond donors (Lipinski definition) is 1. The second kappa shape index (κ2) is 6.01. The van der Waals surface area contributed by atoms with Crippen molar-refractivity contribution in [3.63, 3.8) is 0 Å². The zero-order chi connectivity index (χ0) is 15.7. The molecule has 2 aliphatic rings. The molecule has 1 aromatic carbocycles. The number of rotatable bonds is 2. The van der Waals surface area contributed by atoms with Gasteiger partial charge in [0.25, 0.3) is 5.91 Å². The van der Waals surface area contributed by atoms with Gasteiger partial charge in [-0.2, -0.15) is 0 Å². The van der Waals surface area contributed by atoms with Crippen molar-refractivity contribution in [3.05, 3.63) is 34.3 Å². The number of likely N-dealkylation sites (tertiary alicyclic amines) is 1. The van der Waals surface area contributed by atoms with Crippen LogP contribution in [0, 0.1) is 0 Å². The van der Waals surface area contributed by atoms with Crippen LogP contribution < -0.4 is 5.32 Å². The summed E-state index contributed by atoms with van der Waals surface area (Å²) in [5.41, 5.74) is 0.442. The van der Waals surface area contributed by atoms with Gasteiger partial charge in [0.1, 0.15) is 11.8 Å². The van der Waals surface area contributed by atoms with E-state index in [2.05, 4.69) is 21.2 Å². The number of piperidine rings is 1. The van der Waals surface area contributed by atoms with Gasteiger partial charge in [0.05, 0.1) is 6.42 Å². The second-order valence-electron chi connectivity index (χ2n) is 5.93. The lowest BCUT2D eigenvalue weighted by Gasteiger charge is -2.38. The Bertz CT molecular complexity index is 580. The Labute approximate surface area is 138 Å². The summed E-state index contributed by atoms with van der Waals surface area (Å²) in [6, 6.07) is 7.79. The highest BCUT2D eigenvalue weighted by molar-refractivity contribution is 9.10. The maximum atomic E-state index is 12.4. The first-order chi connectivity index (χ1) is 10.5. The summed E-state index contributed by atoms with van der Waals surface area (Å²) in [7, 11) is 0. The quantitative estimate of drug-likeness (QED) is 0.868. The van der Waals surface area contributed by atoms with Crippen LogP contribution in [-0.2, 0) is 20.7 Å². The van der Waals surface area contributed by atoms with Gasteiger partial charge in [0.15, 0.2) is 0 Å². The van der Waals surface area contributed by atoms with E-state index in [1.54, 1.807) is 6.92 Å². The van der Waals surface area contributed by atoms with Crippen LogP contribution in [0.5, 0.6) is 0 Å². The fraction of sp³-hybridized carbons (Fsp3) is 0.500. The average molecular weight is 367 g/mol. The molecule has 0 bridgehead atoms. The van der Waals surface area contributed by atoms with Gasteiger partial charge in [-0.1, -0.05) is 28.1 Å². The van der Waals surface area contributed by atoms with E-state index < -0.39 is 11.8 Å². The van der Waals surface area contributed by atoms with E-state index in [1.165, 1.54) is 0 Å². The van der Waals surface area contributed by atoms with Crippen molar-refractivity contribution in [2.45, 2.75) is 38.0 Å². The molecule has 0 radical (unpaired) electrons. The number of hydrogen-bond acceptors (Lipinski definition) is 3. The van der Waals surface area contributed by atoms with E-state index in [0.717, 1.165) is 10.0 Å². The van der Waals surface area contributed by atoms with E-state index in [9.17, 15) is 9.59 Å². The fourth-order valence-corrected chi connectivity index (χ4v) is 3.26. The number of nitrogens with zero attached hydrogens (tertiary/aromatic N) is 1. The second-order valence-corrected chi connectivity index (χ2v) is 6.84. The molecule has 118 valence electrons. The highest BCUT2D eigenvalue weighted by Gasteiger charge is 2.45. The molecule has 1 aromatic rings. The monoisotopic (exact) mass is 366 g/mol. The normalized spacial score (nSPS) is 23.6. The zero-order valence-electron chi connectivity index (χ0n) is 12.5. The Kier molecular flexibility index (Phi) is 4.23. The van der Waals surface area contributed by atoms with Gasteiger partial charge in [0.2, 0.25) is 5.91 Å². The summed E-state index contributed by atoms with van der Waals surface area (Å²) in [5, 5.41) is 2.93. The minimum absolute atomic E-state index is 0.0605. The Morgan fingerprint density at radius 2 is 2.00 bits per heavy atom. The molecular weight excluding hydrogens is 348 g/mol. The number of carbonyl (C=O) groups excluding carboxylic acids is 2. The third kappa shape index (κ3) is 3.17. The lowest BCUT2D eigenvalue weighted by molar-refractivity contribution is -0.138. The van der Waals surface area contributed by atoms with Crippen molar-refractivity contribution in [1.82, 2.24) is 10.2 Å². The first-order valence-electron chi connectivity index (χ1n) is 7.49. The van der Waals surface area contributed by atoms with Gasteiger partial charge >= 0.3 is 0 Å². The van der Waals surface area contributed by atoms with Crippen molar-refractivity contribution in [2.24, 2.45) is 0 Å². The number of ether oxygens (including phenoxy) is 1. The Morgan fingerprint density at radius 3 is 2.55 bits per heavy atom. The molecule has 2 heterocycles.